The number of halogens is 2. The summed E-state index contributed by atoms with van der Waals surface area (Å²) in [5, 5.41) is 0. The topological polar surface area (TPSA) is 30.9 Å². The van der Waals surface area contributed by atoms with E-state index in [1.165, 1.54) is 25.3 Å². The summed E-state index contributed by atoms with van der Waals surface area (Å²) in [7, 11) is 1.39. The van der Waals surface area contributed by atoms with Gasteiger partial charge in [0.25, 0.3) is 0 Å². The Morgan fingerprint density at radius 2 is 1.92 bits per heavy atom. The Labute approximate surface area is 145 Å². The molecule has 1 saturated heterocycles. The fourth-order valence-electron chi connectivity index (χ4n) is 2.86. The summed E-state index contributed by atoms with van der Waals surface area (Å²) in [6.07, 6.45) is 0. The highest BCUT2D eigenvalue weighted by Gasteiger charge is 2.14. The molecule has 25 heavy (non-hydrogen) atoms. The molecular formula is C19H21F2NO3. The van der Waals surface area contributed by atoms with Crippen molar-refractivity contribution in [3.8, 4) is 22.6 Å². The third-order valence-electron chi connectivity index (χ3n) is 4.13. The average molecular weight is 349 g/mol. The molecule has 0 aliphatic carbocycles. The minimum atomic E-state index is -0.487. The lowest BCUT2D eigenvalue weighted by atomic mass is 10.0. The fraction of sp³-hybridized carbons (Fsp3) is 0.368. The van der Waals surface area contributed by atoms with Crippen LogP contribution in [-0.4, -0.2) is 51.5 Å². The van der Waals surface area contributed by atoms with Gasteiger partial charge in [0.2, 0.25) is 0 Å². The van der Waals surface area contributed by atoms with Gasteiger partial charge < -0.3 is 14.2 Å². The monoisotopic (exact) mass is 349 g/mol. The van der Waals surface area contributed by atoms with Crippen LogP contribution in [0.5, 0.6) is 11.5 Å². The lowest BCUT2D eigenvalue weighted by Crippen LogP contribution is -2.38. The summed E-state index contributed by atoms with van der Waals surface area (Å²) in [6.45, 7) is 4.39. The van der Waals surface area contributed by atoms with Gasteiger partial charge in [0.15, 0.2) is 11.6 Å². The zero-order valence-corrected chi connectivity index (χ0v) is 14.1. The van der Waals surface area contributed by atoms with E-state index >= 15 is 0 Å². The molecule has 0 N–H and O–H groups in total. The molecule has 134 valence electrons. The molecule has 1 heterocycles. The average Bonchev–Trinajstić information content (AvgIpc) is 2.62. The van der Waals surface area contributed by atoms with Crippen molar-refractivity contribution in [3.63, 3.8) is 0 Å². The SMILES string of the molecule is COc1c(F)cccc1-c1cc(F)cc(OCCN2CCOCC2)c1. The van der Waals surface area contributed by atoms with E-state index in [1.807, 2.05) is 0 Å². The largest absolute Gasteiger partial charge is 0.493 e. The molecule has 0 atom stereocenters. The van der Waals surface area contributed by atoms with Crippen molar-refractivity contribution in [2.24, 2.45) is 0 Å². The number of para-hydroxylation sites is 1. The Balaban J connectivity index is 1.73. The van der Waals surface area contributed by atoms with Crippen LogP contribution in [0.2, 0.25) is 0 Å². The Kier molecular flexibility index (Phi) is 5.83. The summed E-state index contributed by atoms with van der Waals surface area (Å²) in [5.74, 6) is -0.425. The van der Waals surface area contributed by atoms with E-state index in [1.54, 1.807) is 18.2 Å². The lowest BCUT2D eigenvalue weighted by molar-refractivity contribution is 0.0322. The summed E-state index contributed by atoms with van der Waals surface area (Å²) >= 11 is 0. The van der Waals surface area contributed by atoms with Gasteiger partial charge in [-0.05, 0) is 23.8 Å². The van der Waals surface area contributed by atoms with Crippen LogP contribution in [0, 0.1) is 11.6 Å². The number of hydrogen-bond donors (Lipinski definition) is 0. The number of ether oxygens (including phenoxy) is 3. The Bertz CT molecular complexity index is 718. The summed E-state index contributed by atoms with van der Waals surface area (Å²) < 4.78 is 44.0. The highest BCUT2D eigenvalue weighted by molar-refractivity contribution is 5.72. The van der Waals surface area contributed by atoms with Crippen LogP contribution >= 0.6 is 0 Å². The molecule has 3 rings (SSSR count). The van der Waals surface area contributed by atoms with Gasteiger partial charge in [-0.25, -0.2) is 8.78 Å². The third-order valence-corrected chi connectivity index (χ3v) is 4.13. The maximum absolute atomic E-state index is 14.0. The van der Waals surface area contributed by atoms with Crippen LogP contribution in [0.3, 0.4) is 0 Å². The maximum atomic E-state index is 14.0. The van der Waals surface area contributed by atoms with Crippen LogP contribution in [0.4, 0.5) is 8.78 Å². The number of methoxy groups -OCH3 is 1. The van der Waals surface area contributed by atoms with Crippen molar-refractivity contribution in [1.29, 1.82) is 0 Å². The second kappa shape index (κ2) is 8.27. The number of morpholine rings is 1. The van der Waals surface area contributed by atoms with Crippen molar-refractivity contribution in [2.75, 3.05) is 46.6 Å². The van der Waals surface area contributed by atoms with E-state index in [-0.39, 0.29) is 5.75 Å². The lowest BCUT2D eigenvalue weighted by Gasteiger charge is -2.26. The van der Waals surface area contributed by atoms with E-state index in [0.717, 1.165) is 32.8 Å². The van der Waals surface area contributed by atoms with E-state index < -0.39 is 11.6 Å². The smallest absolute Gasteiger partial charge is 0.165 e. The van der Waals surface area contributed by atoms with Crippen LogP contribution < -0.4 is 9.47 Å². The van der Waals surface area contributed by atoms with E-state index in [2.05, 4.69) is 4.90 Å². The molecule has 2 aromatic carbocycles. The molecule has 1 fully saturated rings. The first kappa shape index (κ1) is 17.6. The molecule has 6 heteroatoms. The van der Waals surface area contributed by atoms with Gasteiger partial charge in [0.05, 0.1) is 20.3 Å². The van der Waals surface area contributed by atoms with Crippen LogP contribution in [0.15, 0.2) is 36.4 Å². The quantitative estimate of drug-likeness (QED) is 0.800. The summed E-state index contributed by atoms with van der Waals surface area (Å²) in [6, 6.07) is 8.92. The van der Waals surface area contributed by atoms with Gasteiger partial charge in [-0.3, -0.25) is 4.90 Å². The second-order valence-electron chi connectivity index (χ2n) is 5.80. The molecule has 1 aliphatic rings. The second-order valence-corrected chi connectivity index (χ2v) is 5.80. The van der Waals surface area contributed by atoms with Crippen LogP contribution in [0.25, 0.3) is 11.1 Å². The van der Waals surface area contributed by atoms with Gasteiger partial charge in [0, 0.05) is 31.3 Å². The molecule has 0 spiro atoms. The molecule has 0 amide bonds. The third kappa shape index (κ3) is 4.46. The molecule has 0 unspecified atom stereocenters. The highest BCUT2D eigenvalue weighted by Crippen LogP contribution is 2.34. The molecule has 0 saturated carbocycles. The number of hydrogen-bond acceptors (Lipinski definition) is 4. The zero-order chi connectivity index (χ0) is 17.6. The molecular weight excluding hydrogens is 328 g/mol. The van der Waals surface area contributed by atoms with E-state index in [4.69, 9.17) is 14.2 Å². The van der Waals surface area contributed by atoms with Crippen molar-refractivity contribution >= 4 is 0 Å². The normalized spacial score (nSPS) is 15.2. The fourth-order valence-corrected chi connectivity index (χ4v) is 2.86. The summed E-state index contributed by atoms with van der Waals surface area (Å²) in [4.78, 5) is 2.24. The van der Waals surface area contributed by atoms with Crippen molar-refractivity contribution in [3.05, 3.63) is 48.0 Å². The molecule has 4 nitrogen and oxygen atoms in total. The van der Waals surface area contributed by atoms with Crippen LogP contribution in [0.1, 0.15) is 0 Å². The highest BCUT2D eigenvalue weighted by atomic mass is 19.1. The van der Waals surface area contributed by atoms with Crippen molar-refractivity contribution in [2.45, 2.75) is 0 Å². The Hall–Kier alpha value is -2.18. The number of rotatable bonds is 6. The van der Waals surface area contributed by atoms with Gasteiger partial charge in [-0.2, -0.15) is 0 Å². The Morgan fingerprint density at radius 3 is 2.68 bits per heavy atom. The van der Waals surface area contributed by atoms with E-state index in [0.29, 0.717) is 23.5 Å². The molecule has 2 aromatic rings. The molecule has 0 radical (unpaired) electrons. The predicted octanol–water partition coefficient (Wildman–Crippen LogP) is 3.35. The standard InChI is InChI=1S/C19H21F2NO3/c1-23-19-17(3-2-4-18(19)21)14-11-15(20)13-16(12-14)25-10-7-22-5-8-24-9-6-22/h2-4,11-13H,5-10H2,1H3. The Morgan fingerprint density at radius 1 is 1.12 bits per heavy atom. The van der Waals surface area contributed by atoms with Gasteiger partial charge in [0.1, 0.15) is 18.2 Å². The maximum Gasteiger partial charge on any atom is 0.165 e. The van der Waals surface area contributed by atoms with E-state index in [9.17, 15) is 8.78 Å². The van der Waals surface area contributed by atoms with Crippen molar-refractivity contribution in [1.82, 2.24) is 4.90 Å². The zero-order valence-electron chi connectivity index (χ0n) is 14.1. The summed E-state index contributed by atoms with van der Waals surface area (Å²) in [5.41, 5.74) is 0.998. The van der Waals surface area contributed by atoms with Crippen molar-refractivity contribution < 1.29 is 23.0 Å². The minimum absolute atomic E-state index is 0.0902. The van der Waals surface area contributed by atoms with Gasteiger partial charge in [-0.1, -0.05) is 12.1 Å². The first-order valence-electron chi connectivity index (χ1n) is 8.24. The first-order chi connectivity index (χ1) is 12.2. The molecule has 1 aliphatic heterocycles. The number of nitrogens with zero attached hydrogens (tertiary/aromatic N) is 1. The van der Waals surface area contributed by atoms with Gasteiger partial charge >= 0.3 is 0 Å². The predicted molar refractivity (Wildman–Crippen MR) is 91.1 cm³/mol. The van der Waals surface area contributed by atoms with Crippen LogP contribution in [-0.2, 0) is 4.74 Å². The molecule has 0 aromatic heterocycles. The molecule has 0 bridgehead atoms. The number of benzene rings is 2. The first-order valence-corrected chi connectivity index (χ1v) is 8.24. The minimum Gasteiger partial charge on any atom is -0.493 e. The van der Waals surface area contributed by atoms with Gasteiger partial charge in [-0.15, -0.1) is 0 Å².